The van der Waals surface area contributed by atoms with E-state index in [2.05, 4.69) is 4.98 Å². The van der Waals surface area contributed by atoms with E-state index in [1.165, 1.54) is 10.6 Å². The molecule has 2 N–H and O–H groups in total. The van der Waals surface area contributed by atoms with Crippen molar-refractivity contribution in [2.75, 3.05) is 13.1 Å². The van der Waals surface area contributed by atoms with Gasteiger partial charge in [0.15, 0.2) is 0 Å². The van der Waals surface area contributed by atoms with Crippen molar-refractivity contribution in [3.05, 3.63) is 46.0 Å². The number of fused-ring (bicyclic) bond motifs is 1. The molecule has 0 aromatic carbocycles. The molecular formula is C17H22N4O2. The van der Waals surface area contributed by atoms with Gasteiger partial charge >= 0.3 is 0 Å². The van der Waals surface area contributed by atoms with Crippen LogP contribution in [0.1, 0.15) is 36.2 Å². The van der Waals surface area contributed by atoms with Crippen LogP contribution in [0.2, 0.25) is 0 Å². The molecule has 0 aliphatic carbocycles. The lowest BCUT2D eigenvalue weighted by Crippen LogP contribution is -2.54. The SMILES string of the molecule is Cc1ccn2c(=O)c(C(=O)N3CCC(N)C(C)(C)C3)cnc2c1. The van der Waals surface area contributed by atoms with Crippen molar-refractivity contribution in [2.24, 2.45) is 11.1 Å². The van der Waals surface area contributed by atoms with Gasteiger partial charge in [0.25, 0.3) is 11.5 Å². The van der Waals surface area contributed by atoms with Crippen LogP contribution in [-0.2, 0) is 0 Å². The Morgan fingerprint density at radius 1 is 1.43 bits per heavy atom. The van der Waals surface area contributed by atoms with E-state index in [4.69, 9.17) is 5.73 Å². The van der Waals surface area contributed by atoms with E-state index < -0.39 is 0 Å². The Balaban J connectivity index is 1.97. The molecule has 6 nitrogen and oxygen atoms in total. The number of aromatic nitrogens is 2. The maximum absolute atomic E-state index is 12.8. The van der Waals surface area contributed by atoms with Crippen molar-refractivity contribution < 1.29 is 4.79 Å². The van der Waals surface area contributed by atoms with Crippen molar-refractivity contribution in [3.8, 4) is 0 Å². The van der Waals surface area contributed by atoms with Crippen LogP contribution in [-0.4, -0.2) is 39.3 Å². The van der Waals surface area contributed by atoms with Crippen LogP contribution < -0.4 is 11.3 Å². The molecule has 1 amide bonds. The number of hydrogen-bond acceptors (Lipinski definition) is 4. The summed E-state index contributed by atoms with van der Waals surface area (Å²) in [6.07, 6.45) is 3.79. The fraction of sp³-hybridized carbons (Fsp3) is 0.471. The summed E-state index contributed by atoms with van der Waals surface area (Å²) in [5.41, 5.74) is 7.30. The number of aryl methyl sites for hydroxylation is 1. The zero-order chi connectivity index (χ0) is 16.8. The molecule has 6 heteroatoms. The van der Waals surface area contributed by atoms with E-state index in [0.29, 0.717) is 18.7 Å². The predicted octanol–water partition coefficient (Wildman–Crippen LogP) is 1.20. The number of carbonyl (C=O) groups is 1. The van der Waals surface area contributed by atoms with Crippen LogP contribution in [0, 0.1) is 12.3 Å². The molecule has 3 rings (SSSR count). The second kappa shape index (κ2) is 5.45. The number of likely N-dealkylation sites (tertiary alicyclic amines) is 1. The van der Waals surface area contributed by atoms with Crippen molar-refractivity contribution in [3.63, 3.8) is 0 Å². The lowest BCUT2D eigenvalue weighted by molar-refractivity contribution is 0.0530. The van der Waals surface area contributed by atoms with Crippen LogP contribution in [0.25, 0.3) is 5.65 Å². The highest BCUT2D eigenvalue weighted by Gasteiger charge is 2.36. The molecule has 1 aliphatic rings. The molecule has 23 heavy (non-hydrogen) atoms. The van der Waals surface area contributed by atoms with Crippen LogP contribution in [0.3, 0.4) is 0 Å². The summed E-state index contributed by atoms with van der Waals surface area (Å²) in [5, 5.41) is 0. The summed E-state index contributed by atoms with van der Waals surface area (Å²) in [7, 11) is 0. The maximum atomic E-state index is 12.8. The van der Waals surface area contributed by atoms with Crippen LogP contribution in [0.5, 0.6) is 0 Å². The van der Waals surface area contributed by atoms with Gasteiger partial charge in [-0.3, -0.25) is 14.0 Å². The van der Waals surface area contributed by atoms with Gasteiger partial charge in [0, 0.05) is 31.5 Å². The molecule has 0 spiro atoms. The molecule has 0 bridgehead atoms. The number of piperidine rings is 1. The normalized spacial score (nSPS) is 20.7. The van der Waals surface area contributed by atoms with Gasteiger partial charge in [0.05, 0.1) is 0 Å². The molecule has 1 fully saturated rings. The third-order valence-corrected chi connectivity index (χ3v) is 4.70. The molecule has 122 valence electrons. The molecule has 1 aliphatic heterocycles. The second-order valence-corrected chi connectivity index (χ2v) is 7.02. The van der Waals surface area contributed by atoms with Crippen molar-refractivity contribution in [2.45, 2.75) is 33.2 Å². The topological polar surface area (TPSA) is 80.7 Å². The number of carbonyl (C=O) groups excluding carboxylic acids is 1. The first-order chi connectivity index (χ1) is 10.8. The first-order valence-electron chi connectivity index (χ1n) is 7.82. The van der Waals surface area contributed by atoms with Gasteiger partial charge in [0.1, 0.15) is 11.2 Å². The Morgan fingerprint density at radius 2 is 2.17 bits per heavy atom. The highest BCUT2D eigenvalue weighted by molar-refractivity contribution is 5.93. The number of nitrogens with zero attached hydrogens (tertiary/aromatic N) is 3. The molecule has 0 radical (unpaired) electrons. The average Bonchev–Trinajstić information content (AvgIpc) is 2.49. The minimum Gasteiger partial charge on any atom is -0.338 e. The fourth-order valence-corrected chi connectivity index (χ4v) is 3.04. The zero-order valence-corrected chi connectivity index (χ0v) is 13.7. The Morgan fingerprint density at radius 3 is 2.87 bits per heavy atom. The third kappa shape index (κ3) is 2.74. The Hall–Kier alpha value is -2.21. The first kappa shape index (κ1) is 15.7. The molecule has 1 unspecified atom stereocenters. The van der Waals surface area contributed by atoms with Gasteiger partial charge in [-0.15, -0.1) is 0 Å². The standard InChI is InChI=1S/C17H22N4O2/c1-11-4-7-21-14(8-11)19-9-12(16(21)23)15(22)20-6-5-13(18)17(2,3)10-20/h4,7-9,13H,5-6,10,18H2,1-3H3. The van der Waals surface area contributed by atoms with Crippen LogP contribution in [0.4, 0.5) is 0 Å². The highest BCUT2D eigenvalue weighted by atomic mass is 16.2. The molecule has 2 aromatic rings. The van der Waals surface area contributed by atoms with Crippen molar-refractivity contribution >= 4 is 11.6 Å². The summed E-state index contributed by atoms with van der Waals surface area (Å²) < 4.78 is 1.42. The van der Waals surface area contributed by atoms with Gasteiger partial charge < -0.3 is 10.6 Å². The average molecular weight is 314 g/mol. The number of pyridine rings is 1. The quantitative estimate of drug-likeness (QED) is 0.857. The molecule has 3 heterocycles. The molecule has 0 saturated carbocycles. The van der Waals surface area contributed by atoms with E-state index in [1.807, 2.05) is 32.9 Å². The number of nitrogens with two attached hydrogens (primary N) is 1. The van der Waals surface area contributed by atoms with Gasteiger partial charge in [0.2, 0.25) is 0 Å². The molecule has 2 aromatic heterocycles. The first-order valence-corrected chi connectivity index (χ1v) is 7.82. The highest BCUT2D eigenvalue weighted by Crippen LogP contribution is 2.28. The number of rotatable bonds is 1. The van der Waals surface area contributed by atoms with Crippen molar-refractivity contribution in [1.29, 1.82) is 0 Å². The predicted molar refractivity (Wildman–Crippen MR) is 88.5 cm³/mol. The number of amides is 1. The maximum Gasteiger partial charge on any atom is 0.270 e. The molecular weight excluding hydrogens is 292 g/mol. The zero-order valence-electron chi connectivity index (χ0n) is 13.7. The van der Waals surface area contributed by atoms with Gasteiger partial charge in [-0.25, -0.2) is 4.98 Å². The monoisotopic (exact) mass is 314 g/mol. The van der Waals surface area contributed by atoms with Gasteiger partial charge in [-0.1, -0.05) is 13.8 Å². The summed E-state index contributed by atoms with van der Waals surface area (Å²) in [4.78, 5) is 31.3. The minimum absolute atomic E-state index is 0.0605. The van der Waals surface area contributed by atoms with E-state index in [9.17, 15) is 9.59 Å². The van der Waals surface area contributed by atoms with Crippen molar-refractivity contribution in [1.82, 2.24) is 14.3 Å². The summed E-state index contributed by atoms with van der Waals surface area (Å²) >= 11 is 0. The van der Waals surface area contributed by atoms with E-state index in [-0.39, 0.29) is 28.5 Å². The lowest BCUT2D eigenvalue weighted by Gasteiger charge is -2.42. The second-order valence-electron chi connectivity index (χ2n) is 7.02. The number of hydrogen-bond donors (Lipinski definition) is 1. The smallest absolute Gasteiger partial charge is 0.270 e. The summed E-state index contributed by atoms with van der Waals surface area (Å²) in [6.45, 7) is 7.14. The third-order valence-electron chi connectivity index (χ3n) is 4.70. The molecule has 1 saturated heterocycles. The van der Waals surface area contributed by atoms with Crippen LogP contribution >= 0.6 is 0 Å². The summed E-state index contributed by atoms with van der Waals surface area (Å²) in [6, 6.07) is 3.71. The fourth-order valence-electron chi connectivity index (χ4n) is 3.04. The summed E-state index contributed by atoms with van der Waals surface area (Å²) in [5.74, 6) is -0.266. The minimum atomic E-state index is -0.326. The van der Waals surface area contributed by atoms with E-state index >= 15 is 0 Å². The van der Waals surface area contributed by atoms with Crippen LogP contribution in [0.15, 0.2) is 29.3 Å². The van der Waals surface area contributed by atoms with E-state index in [0.717, 1.165) is 12.0 Å². The largest absolute Gasteiger partial charge is 0.338 e. The lowest BCUT2D eigenvalue weighted by atomic mass is 9.79. The Bertz CT molecular complexity index is 825. The van der Waals surface area contributed by atoms with E-state index in [1.54, 1.807) is 11.1 Å². The molecule has 1 atom stereocenters. The van der Waals surface area contributed by atoms with Gasteiger partial charge in [-0.2, -0.15) is 0 Å². The Kier molecular flexibility index (Phi) is 3.72. The Labute approximate surface area is 134 Å². The van der Waals surface area contributed by atoms with Gasteiger partial charge in [-0.05, 0) is 36.5 Å².